The molecule has 0 aromatic heterocycles. The van der Waals surface area contributed by atoms with E-state index >= 15 is 0 Å². The van der Waals surface area contributed by atoms with E-state index in [0.29, 0.717) is 16.3 Å². The number of rotatable bonds is 6. The number of hydrogen-bond acceptors (Lipinski definition) is 4. The molecule has 2 aromatic carbocycles. The van der Waals surface area contributed by atoms with Gasteiger partial charge in [-0.25, -0.2) is 5.43 Å². The highest BCUT2D eigenvalue weighted by Crippen LogP contribution is 2.20. The molecule has 0 saturated carbocycles. The molecule has 0 saturated heterocycles. The van der Waals surface area contributed by atoms with Gasteiger partial charge in [0.05, 0.1) is 6.21 Å². The number of nitrogens with one attached hydrogen (secondary N) is 2. The standard InChI is InChI=1S/C17H15BrClN3O3/c18-12-4-5-15(23)11(8-12)10-20-22-17(25)7-6-16(24)21-14-3-1-2-13(19)9-14/h1-5,8-10,23H,6-7H2,(H,21,24)(H,22,25)/b20-10-. The summed E-state index contributed by atoms with van der Waals surface area (Å²) < 4.78 is 0.774. The van der Waals surface area contributed by atoms with Gasteiger partial charge >= 0.3 is 0 Å². The molecule has 2 aromatic rings. The first-order valence-electron chi connectivity index (χ1n) is 7.30. The van der Waals surface area contributed by atoms with E-state index in [-0.39, 0.29) is 24.5 Å². The highest BCUT2D eigenvalue weighted by Gasteiger charge is 2.07. The lowest BCUT2D eigenvalue weighted by molar-refractivity contribution is -0.124. The van der Waals surface area contributed by atoms with Crippen LogP contribution >= 0.6 is 27.5 Å². The van der Waals surface area contributed by atoms with Crippen molar-refractivity contribution in [3.63, 3.8) is 0 Å². The Morgan fingerprint density at radius 2 is 1.92 bits per heavy atom. The van der Waals surface area contributed by atoms with Crippen LogP contribution in [-0.4, -0.2) is 23.1 Å². The van der Waals surface area contributed by atoms with Crippen molar-refractivity contribution in [3.8, 4) is 5.75 Å². The number of phenols is 1. The van der Waals surface area contributed by atoms with Crippen LogP contribution in [0.25, 0.3) is 0 Å². The first kappa shape index (κ1) is 19.0. The highest BCUT2D eigenvalue weighted by molar-refractivity contribution is 9.10. The number of carbonyl (C=O) groups excluding carboxylic acids is 2. The van der Waals surface area contributed by atoms with Crippen molar-refractivity contribution in [1.29, 1.82) is 0 Å². The smallest absolute Gasteiger partial charge is 0.240 e. The van der Waals surface area contributed by atoms with Crippen molar-refractivity contribution in [1.82, 2.24) is 5.43 Å². The van der Waals surface area contributed by atoms with Crippen LogP contribution in [0.2, 0.25) is 5.02 Å². The van der Waals surface area contributed by atoms with E-state index in [1.165, 1.54) is 12.3 Å². The van der Waals surface area contributed by atoms with Crippen LogP contribution in [0.5, 0.6) is 5.75 Å². The summed E-state index contributed by atoms with van der Waals surface area (Å²) in [5.74, 6) is -0.667. The molecule has 3 N–H and O–H groups in total. The summed E-state index contributed by atoms with van der Waals surface area (Å²) in [5.41, 5.74) is 3.33. The van der Waals surface area contributed by atoms with Crippen LogP contribution < -0.4 is 10.7 Å². The molecule has 130 valence electrons. The Morgan fingerprint density at radius 3 is 2.68 bits per heavy atom. The van der Waals surface area contributed by atoms with E-state index in [2.05, 4.69) is 31.8 Å². The fourth-order valence-corrected chi connectivity index (χ4v) is 2.44. The molecule has 0 aliphatic rings. The molecule has 0 atom stereocenters. The molecule has 6 nitrogen and oxygen atoms in total. The number of aromatic hydroxyl groups is 1. The van der Waals surface area contributed by atoms with Gasteiger partial charge in [-0.1, -0.05) is 33.6 Å². The third kappa shape index (κ3) is 6.56. The molecular weight excluding hydrogens is 410 g/mol. The summed E-state index contributed by atoms with van der Waals surface area (Å²) in [6, 6.07) is 11.6. The molecule has 0 aliphatic carbocycles. The van der Waals surface area contributed by atoms with Crippen LogP contribution in [0.3, 0.4) is 0 Å². The molecule has 25 heavy (non-hydrogen) atoms. The van der Waals surface area contributed by atoms with Crippen LogP contribution in [0, 0.1) is 0 Å². The topological polar surface area (TPSA) is 90.8 Å². The highest BCUT2D eigenvalue weighted by atomic mass is 79.9. The van der Waals surface area contributed by atoms with Gasteiger partial charge in [-0.15, -0.1) is 0 Å². The average molecular weight is 425 g/mol. The minimum atomic E-state index is -0.410. The minimum absolute atomic E-state index is 0.00992. The lowest BCUT2D eigenvalue weighted by Crippen LogP contribution is -2.20. The SMILES string of the molecule is O=C(CCC(=O)Nc1cccc(Cl)c1)N/N=C\c1cc(Br)ccc1O. The zero-order valence-corrected chi connectivity index (χ0v) is 15.3. The average Bonchev–Trinajstić information content (AvgIpc) is 2.56. The first-order valence-corrected chi connectivity index (χ1v) is 8.47. The van der Waals surface area contributed by atoms with Crippen molar-refractivity contribution in [2.24, 2.45) is 5.10 Å². The van der Waals surface area contributed by atoms with Crippen LogP contribution in [0.15, 0.2) is 52.0 Å². The summed E-state index contributed by atoms with van der Waals surface area (Å²) in [7, 11) is 0. The predicted octanol–water partition coefficient (Wildman–Crippen LogP) is 3.68. The number of benzene rings is 2. The number of halogens is 2. The summed E-state index contributed by atoms with van der Waals surface area (Å²) >= 11 is 9.11. The summed E-state index contributed by atoms with van der Waals surface area (Å²) in [4.78, 5) is 23.5. The van der Waals surface area contributed by atoms with E-state index in [1.54, 1.807) is 36.4 Å². The van der Waals surface area contributed by atoms with Crippen molar-refractivity contribution in [2.75, 3.05) is 5.32 Å². The molecule has 0 aliphatic heterocycles. The molecule has 0 bridgehead atoms. The van der Waals surface area contributed by atoms with Gasteiger partial charge in [-0.05, 0) is 36.4 Å². The fourth-order valence-electron chi connectivity index (χ4n) is 1.88. The number of hydrazone groups is 1. The summed E-state index contributed by atoms with van der Waals surface area (Å²) in [6.45, 7) is 0. The molecule has 0 heterocycles. The fraction of sp³-hybridized carbons (Fsp3) is 0.118. The summed E-state index contributed by atoms with van der Waals surface area (Å²) in [6.07, 6.45) is 1.31. The quantitative estimate of drug-likeness (QED) is 0.488. The molecule has 0 fully saturated rings. The van der Waals surface area contributed by atoms with Gasteiger partial charge in [0, 0.05) is 33.6 Å². The normalized spacial score (nSPS) is 10.6. The van der Waals surface area contributed by atoms with Crippen LogP contribution in [0.4, 0.5) is 5.69 Å². The monoisotopic (exact) mass is 423 g/mol. The maximum atomic E-state index is 11.8. The maximum Gasteiger partial charge on any atom is 0.240 e. The van der Waals surface area contributed by atoms with Crippen molar-refractivity contribution in [3.05, 3.63) is 57.5 Å². The number of hydrogen-bond donors (Lipinski definition) is 3. The predicted molar refractivity (Wildman–Crippen MR) is 101 cm³/mol. The largest absolute Gasteiger partial charge is 0.507 e. The number of phenolic OH excluding ortho intramolecular Hbond substituents is 1. The van der Waals surface area contributed by atoms with Crippen molar-refractivity contribution < 1.29 is 14.7 Å². The molecule has 0 spiro atoms. The van der Waals surface area contributed by atoms with Gasteiger partial charge in [0.15, 0.2) is 0 Å². The molecule has 2 amide bonds. The molecule has 0 unspecified atom stereocenters. The number of anilines is 1. The Bertz CT molecular complexity index is 811. The number of carbonyl (C=O) groups is 2. The minimum Gasteiger partial charge on any atom is -0.507 e. The van der Waals surface area contributed by atoms with Gasteiger partial charge in [0.25, 0.3) is 0 Å². The van der Waals surface area contributed by atoms with Gasteiger partial charge < -0.3 is 10.4 Å². The second-order valence-corrected chi connectivity index (χ2v) is 6.41. The molecule has 0 radical (unpaired) electrons. The maximum absolute atomic E-state index is 11.8. The third-order valence-corrected chi connectivity index (χ3v) is 3.80. The van der Waals surface area contributed by atoms with E-state index in [0.717, 1.165) is 4.47 Å². The van der Waals surface area contributed by atoms with Gasteiger partial charge in [0.2, 0.25) is 11.8 Å². The zero-order valence-electron chi connectivity index (χ0n) is 13.0. The lowest BCUT2D eigenvalue weighted by atomic mass is 10.2. The Morgan fingerprint density at radius 1 is 1.16 bits per heavy atom. The van der Waals surface area contributed by atoms with Crippen LogP contribution in [-0.2, 0) is 9.59 Å². The van der Waals surface area contributed by atoms with Crippen LogP contribution in [0.1, 0.15) is 18.4 Å². The Balaban J connectivity index is 1.77. The first-order chi connectivity index (χ1) is 11.9. The second-order valence-electron chi connectivity index (χ2n) is 5.05. The zero-order chi connectivity index (χ0) is 18.2. The van der Waals surface area contributed by atoms with E-state index in [4.69, 9.17) is 11.6 Å². The third-order valence-electron chi connectivity index (χ3n) is 3.07. The second kappa shape index (κ2) is 9.19. The van der Waals surface area contributed by atoms with E-state index in [9.17, 15) is 14.7 Å². The van der Waals surface area contributed by atoms with Crippen molar-refractivity contribution in [2.45, 2.75) is 12.8 Å². The van der Waals surface area contributed by atoms with Gasteiger partial charge in [-0.2, -0.15) is 5.10 Å². The van der Waals surface area contributed by atoms with Crippen molar-refractivity contribution >= 4 is 51.2 Å². The number of amides is 2. The van der Waals surface area contributed by atoms with E-state index in [1.807, 2.05) is 0 Å². The Labute approximate surface area is 158 Å². The van der Waals surface area contributed by atoms with E-state index < -0.39 is 5.91 Å². The lowest BCUT2D eigenvalue weighted by Gasteiger charge is -2.05. The Kier molecular flexibility index (Phi) is 6.97. The number of nitrogens with zero attached hydrogens (tertiary/aromatic N) is 1. The molecule has 8 heteroatoms. The Hall–Kier alpha value is -2.38. The van der Waals surface area contributed by atoms with Gasteiger partial charge in [0.1, 0.15) is 5.75 Å². The molecular formula is C17H15BrClN3O3. The molecule has 2 rings (SSSR count). The van der Waals surface area contributed by atoms with Gasteiger partial charge in [-0.3, -0.25) is 9.59 Å². The summed E-state index contributed by atoms with van der Waals surface area (Å²) in [5, 5.41) is 16.6.